The number of carbonyl (C=O) groups excluding carboxylic acids is 3. The molecule has 2 aliphatic carbocycles. The molecule has 0 radical (unpaired) electrons. The standard InChI is InChI=1S/C31H32Cl2N2O5/c1-3-35-22-7-5-9-24(36)30(22)29(31-23(35)8-6-10-25(31)37)18-11-14-26(27(15-18)39-4-2)40-17-28(38)34-19-12-13-20(32)21(33)16-19/h11-16,29H,3-10,17H2,1-2H3,(H,34,38). The first kappa shape index (κ1) is 28.2. The van der Waals surface area contributed by atoms with Crippen LogP contribution in [0.25, 0.3) is 0 Å². The van der Waals surface area contributed by atoms with Crippen molar-refractivity contribution < 1.29 is 23.9 Å². The summed E-state index contributed by atoms with van der Waals surface area (Å²) in [4.78, 5) is 41.5. The summed E-state index contributed by atoms with van der Waals surface area (Å²) in [5, 5.41) is 3.47. The van der Waals surface area contributed by atoms with Gasteiger partial charge in [0, 0.05) is 53.5 Å². The average molecular weight is 584 g/mol. The third-order valence-corrected chi connectivity index (χ3v) is 8.30. The van der Waals surface area contributed by atoms with Crippen molar-refractivity contribution in [2.75, 3.05) is 25.1 Å². The third-order valence-electron chi connectivity index (χ3n) is 7.57. The van der Waals surface area contributed by atoms with Gasteiger partial charge in [-0.15, -0.1) is 0 Å². The molecule has 0 unspecified atom stereocenters. The second-order valence-corrected chi connectivity index (χ2v) is 10.9. The minimum absolute atomic E-state index is 0.104. The maximum absolute atomic E-state index is 13.4. The number of anilines is 1. The fourth-order valence-electron chi connectivity index (χ4n) is 5.94. The van der Waals surface area contributed by atoms with Gasteiger partial charge in [-0.05, 0) is 75.4 Å². The van der Waals surface area contributed by atoms with Crippen LogP contribution in [-0.4, -0.2) is 42.1 Å². The summed E-state index contributed by atoms with van der Waals surface area (Å²) in [6, 6.07) is 10.3. The Balaban J connectivity index is 1.45. The van der Waals surface area contributed by atoms with Crippen LogP contribution in [0.3, 0.4) is 0 Å². The predicted molar refractivity (Wildman–Crippen MR) is 155 cm³/mol. The minimum atomic E-state index is -0.431. The van der Waals surface area contributed by atoms with Crippen molar-refractivity contribution in [2.45, 2.75) is 58.3 Å². The summed E-state index contributed by atoms with van der Waals surface area (Å²) in [5.74, 6) is 0.255. The van der Waals surface area contributed by atoms with E-state index in [1.165, 1.54) is 0 Å². The SMILES string of the molecule is CCOc1cc(C2C3=C(CCCC3=O)N(CC)C3=C2C(=O)CCC3)ccc1OCC(=O)Nc1ccc(Cl)c(Cl)c1. The third kappa shape index (κ3) is 5.50. The number of nitrogens with zero attached hydrogens (tertiary/aromatic N) is 1. The van der Waals surface area contributed by atoms with Crippen LogP contribution in [0.2, 0.25) is 10.0 Å². The van der Waals surface area contributed by atoms with Crippen molar-refractivity contribution in [3.63, 3.8) is 0 Å². The quantitative estimate of drug-likeness (QED) is 0.366. The lowest BCUT2D eigenvalue weighted by Crippen LogP contribution is -2.39. The highest BCUT2D eigenvalue weighted by atomic mass is 35.5. The van der Waals surface area contributed by atoms with Crippen molar-refractivity contribution in [3.05, 3.63) is 74.5 Å². The molecule has 210 valence electrons. The van der Waals surface area contributed by atoms with Crippen LogP contribution >= 0.6 is 23.2 Å². The van der Waals surface area contributed by atoms with Crippen molar-refractivity contribution in [1.82, 2.24) is 4.90 Å². The van der Waals surface area contributed by atoms with Crippen LogP contribution in [0.4, 0.5) is 5.69 Å². The number of allylic oxidation sites excluding steroid dienone is 4. The number of halogens is 2. The van der Waals surface area contributed by atoms with Gasteiger partial charge in [-0.2, -0.15) is 0 Å². The fraction of sp³-hybridized carbons (Fsp3) is 0.387. The number of nitrogens with one attached hydrogen (secondary N) is 1. The van der Waals surface area contributed by atoms with E-state index in [-0.39, 0.29) is 24.1 Å². The van der Waals surface area contributed by atoms with Gasteiger partial charge >= 0.3 is 0 Å². The Morgan fingerprint density at radius 1 is 0.875 bits per heavy atom. The van der Waals surface area contributed by atoms with Gasteiger partial charge in [0.1, 0.15) is 0 Å². The lowest BCUT2D eigenvalue weighted by Gasteiger charge is -2.43. The molecule has 0 fully saturated rings. The van der Waals surface area contributed by atoms with E-state index in [0.29, 0.717) is 46.7 Å². The molecule has 3 aliphatic rings. The lowest BCUT2D eigenvalue weighted by molar-refractivity contribution is -0.118. The van der Waals surface area contributed by atoms with Gasteiger partial charge in [-0.3, -0.25) is 14.4 Å². The Morgan fingerprint density at radius 2 is 1.55 bits per heavy atom. The van der Waals surface area contributed by atoms with Crippen molar-refractivity contribution in [2.24, 2.45) is 0 Å². The number of amides is 1. The number of Topliss-reactive ketones (excluding diaryl/α,β-unsaturated/α-hetero) is 2. The number of benzene rings is 2. The van der Waals surface area contributed by atoms with E-state index in [1.54, 1.807) is 24.3 Å². The van der Waals surface area contributed by atoms with Crippen LogP contribution in [0.1, 0.15) is 63.9 Å². The first-order valence-electron chi connectivity index (χ1n) is 13.8. The van der Waals surface area contributed by atoms with Gasteiger partial charge in [0.15, 0.2) is 29.7 Å². The lowest BCUT2D eigenvalue weighted by atomic mass is 9.71. The Bertz CT molecular complexity index is 1390. The smallest absolute Gasteiger partial charge is 0.262 e. The number of hydrogen-bond donors (Lipinski definition) is 1. The zero-order valence-corrected chi connectivity index (χ0v) is 24.2. The molecule has 9 heteroatoms. The van der Waals surface area contributed by atoms with Crippen LogP contribution < -0.4 is 14.8 Å². The molecule has 0 saturated heterocycles. The maximum atomic E-state index is 13.4. The summed E-state index contributed by atoms with van der Waals surface area (Å²) >= 11 is 12.0. The number of carbonyl (C=O) groups is 3. The molecule has 0 bridgehead atoms. The summed E-state index contributed by atoms with van der Waals surface area (Å²) in [6.45, 7) is 4.79. The molecule has 0 saturated carbocycles. The fourth-order valence-corrected chi connectivity index (χ4v) is 6.24. The van der Waals surface area contributed by atoms with E-state index < -0.39 is 5.92 Å². The highest BCUT2D eigenvalue weighted by molar-refractivity contribution is 6.42. The van der Waals surface area contributed by atoms with E-state index in [1.807, 2.05) is 19.1 Å². The molecule has 1 amide bonds. The summed E-state index contributed by atoms with van der Waals surface area (Å²) < 4.78 is 11.8. The number of rotatable bonds is 8. The Kier molecular flexibility index (Phi) is 8.52. The van der Waals surface area contributed by atoms with Gasteiger partial charge in [-0.1, -0.05) is 29.3 Å². The largest absolute Gasteiger partial charge is 0.490 e. The highest BCUT2D eigenvalue weighted by Crippen LogP contribution is 2.50. The van der Waals surface area contributed by atoms with Crippen LogP contribution in [0, 0.1) is 0 Å². The highest BCUT2D eigenvalue weighted by Gasteiger charge is 2.43. The predicted octanol–water partition coefficient (Wildman–Crippen LogP) is 6.84. The summed E-state index contributed by atoms with van der Waals surface area (Å²) in [6.07, 6.45) is 4.25. The van der Waals surface area contributed by atoms with Gasteiger partial charge in [0.25, 0.3) is 5.91 Å². The van der Waals surface area contributed by atoms with Gasteiger partial charge in [0.2, 0.25) is 0 Å². The first-order valence-corrected chi connectivity index (χ1v) is 14.5. The summed E-state index contributed by atoms with van der Waals surface area (Å²) in [5.41, 5.74) is 4.89. The molecule has 0 aromatic heterocycles. The zero-order chi connectivity index (χ0) is 28.4. The molecule has 1 N–H and O–H groups in total. The van der Waals surface area contributed by atoms with E-state index in [4.69, 9.17) is 32.7 Å². The molecule has 2 aromatic carbocycles. The van der Waals surface area contributed by atoms with E-state index in [9.17, 15) is 14.4 Å². The number of ether oxygens (including phenoxy) is 2. The molecule has 0 atom stereocenters. The Labute approximate surface area is 244 Å². The van der Waals surface area contributed by atoms with Gasteiger partial charge in [-0.25, -0.2) is 0 Å². The van der Waals surface area contributed by atoms with Crippen molar-refractivity contribution in [1.29, 1.82) is 0 Å². The molecule has 1 aliphatic heterocycles. The van der Waals surface area contributed by atoms with E-state index in [0.717, 1.165) is 60.3 Å². The van der Waals surface area contributed by atoms with E-state index >= 15 is 0 Å². The topological polar surface area (TPSA) is 84.9 Å². The second kappa shape index (κ2) is 12.1. The van der Waals surface area contributed by atoms with Crippen LogP contribution in [0.15, 0.2) is 58.9 Å². The normalized spacial score (nSPS) is 17.6. The molecule has 40 heavy (non-hydrogen) atoms. The van der Waals surface area contributed by atoms with Crippen molar-refractivity contribution in [3.8, 4) is 11.5 Å². The van der Waals surface area contributed by atoms with Crippen molar-refractivity contribution >= 4 is 46.4 Å². The van der Waals surface area contributed by atoms with Gasteiger partial charge < -0.3 is 19.7 Å². The number of hydrogen-bond acceptors (Lipinski definition) is 6. The molecule has 7 nitrogen and oxygen atoms in total. The molecule has 1 heterocycles. The molecule has 2 aromatic rings. The van der Waals surface area contributed by atoms with Gasteiger partial charge in [0.05, 0.1) is 16.7 Å². The maximum Gasteiger partial charge on any atom is 0.262 e. The Morgan fingerprint density at radius 3 is 2.15 bits per heavy atom. The van der Waals surface area contributed by atoms with Crippen LogP contribution in [0.5, 0.6) is 11.5 Å². The molecule has 0 spiro atoms. The van der Waals surface area contributed by atoms with Crippen LogP contribution in [-0.2, 0) is 14.4 Å². The average Bonchev–Trinajstić information content (AvgIpc) is 2.94. The molecular formula is C31H32Cl2N2O5. The first-order chi connectivity index (χ1) is 19.3. The van der Waals surface area contributed by atoms with E-state index in [2.05, 4.69) is 17.1 Å². The summed E-state index contributed by atoms with van der Waals surface area (Å²) in [7, 11) is 0. The molecule has 5 rings (SSSR count). The second-order valence-electron chi connectivity index (χ2n) is 10.1. The monoisotopic (exact) mass is 582 g/mol. The number of ketones is 2. The Hall–Kier alpha value is -3.29. The molecular weight excluding hydrogens is 551 g/mol. The minimum Gasteiger partial charge on any atom is -0.490 e. The zero-order valence-electron chi connectivity index (χ0n) is 22.6.